The van der Waals surface area contributed by atoms with Crippen LogP contribution in [0.5, 0.6) is 0 Å². The van der Waals surface area contributed by atoms with E-state index < -0.39 is 0 Å². The number of aryl methyl sites for hydroxylation is 1. The SMILES string of the molecule is C[C@@H]1CCc2[nH]c3ccc(C#N)cc3c2C1. The molecule has 1 aliphatic rings. The molecular formula is C14H14N2. The van der Waals surface area contributed by atoms with Gasteiger partial charge in [0.25, 0.3) is 0 Å². The highest BCUT2D eigenvalue weighted by atomic mass is 14.7. The van der Waals surface area contributed by atoms with Gasteiger partial charge in [-0.25, -0.2) is 0 Å². The van der Waals surface area contributed by atoms with Crippen molar-refractivity contribution in [1.29, 1.82) is 5.26 Å². The first-order valence-corrected chi connectivity index (χ1v) is 5.81. The van der Waals surface area contributed by atoms with Crippen LogP contribution in [0.25, 0.3) is 10.9 Å². The Labute approximate surface area is 94.9 Å². The van der Waals surface area contributed by atoms with E-state index in [1.807, 2.05) is 18.2 Å². The molecule has 1 N–H and O–H groups in total. The van der Waals surface area contributed by atoms with Crippen molar-refractivity contribution in [2.24, 2.45) is 5.92 Å². The first kappa shape index (κ1) is 9.47. The summed E-state index contributed by atoms with van der Waals surface area (Å²) in [4.78, 5) is 3.48. The number of nitriles is 1. The molecule has 0 radical (unpaired) electrons. The van der Waals surface area contributed by atoms with Crippen molar-refractivity contribution >= 4 is 10.9 Å². The van der Waals surface area contributed by atoms with Crippen LogP contribution in [0.1, 0.15) is 30.2 Å². The molecule has 1 aromatic heterocycles. The highest BCUT2D eigenvalue weighted by Crippen LogP contribution is 2.31. The van der Waals surface area contributed by atoms with E-state index in [1.54, 1.807) is 0 Å². The molecule has 0 bridgehead atoms. The van der Waals surface area contributed by atoms with E-state index in [9.17, 15) is 0 Å². The summed E-state index contributed by atoms with van der Waals surface area (Å²) in [6.45, 7) is 2.30. The summed E-state index contributed by atoms with van der Waals surface area (Å²) in [5.41, 5.74) is 4.75. The van der Waals surface area contributed by atoms with Gasteiger partial charge in [0.1, 0.15) is 0 Å². The highest BCUT2D eigenvalue weighted by Gasteiger charge is 2.19. The van der Waals surface area contributed by atoms with Gasteiger partial charge in [0.2, 0.25) is 0 Å². The number of hydrogen-bond acceptors (Lipinski definition) is 1. The van der Waals surface area contributed by atoms with Crippen molar-refractivity contribution in [2.75, 3.05) is 0 Å². The lowest BCUT2D eigenvalue weighted by Crippen LogP contribution is -2.09. The van der Waals surface area contributed by atoms with Gasteiger partial charge in [-0.2, -0.15) is 5.26 Å². The van der Waals surface area contributed by atoms with Crippen molar-refractivity contribution < 1.29 is 0 Å². The van der Waals surface area contributed by atoms with Crippen molar-refractivity contribution in [3.8, 4) is 6.07 Å². The number of aromatic amines is 1. The summed E-state index contributed by atoms with van der Waals surface area (Å²) < 4.78 is 0. The Kier molecular flexibility index (Phi) is 2.00. The maximum atomic E-state index is 8.93. The third-order valence-electron chi connectivity index (χ3n) is 3.56. The predicted molar refractivity (Wildman–Crippen MR) is 64.2 cm³/mol. The average molecular weight is 210 g/mol. The fourth-order valence-electron chi connectivity index (χ4n) is 2.66. The van der Waals surface area contributed by atoms with E-state index in [0.717, 1.165) is 24.3 Å². The van der Waals surface area contributed by atoms with Crippen molar-refractivity contribution in [3.63, 3.8) is 0 Å². The number of nitrogens with one attached hydrogen (secondary N) is 1. The van der Waals surface area contributed by atoms with Gasteiger partial charge in [0, 0.05) is 16.6 Å². The molecule has 0 aliphatic heterocycles. The van der Waals surface area contributed by atoms with Crippen LogP contribution >= 0.6 is 0 Å². The number of aromatic nitrogens is 1. The lowest BCUT2D eigenvalue weighted by Gasteiger charge is -2.18. The first-order valence-electron chi connectivity index (χ1n) is 5.81. The molecule has 1 atom stereocenters. The summed E-state index contributed by atoms with van der Waals surface area (Å²) in [6, 6.07) is 8.14. The molecule has 2 heteroatoms. The summed E-state index contributed by atoms with van der Waals surface area (Å²) in [7, 11) is 0. The van der Waals surface area contributed by atoms with Crippen LogP contribution in [-0.2, 0) is 12.8 Å². The van der Waals surface area contributed by atoms with E-state index in [4.69, 9.17) is 5.26 Å². The Balaban J connectivity index is 2.25. The fraction of sp³-hybridized carbons (Fsp3) is 0.357. The van der Waals surface area contributed by atoms with Crippen LogP contribution in [-0.4, -0.2) is 4.98 Å². The Morgan fingerprint density at radius 3 is 3.12 bits per heavy atom. The molecule has 2 aromatic rings. The monoisotopic (exact) mass is 210 g/mol. The molecule has 2 nitrogen and oxygen atoms in total. The molecule has 0 spiro atoms. The van der Waals surface area contributed by atoms with Gasteiger partial charge in [-0.1, -0.05) is 6.92 Å². The van der Waals surface area contributed by atoms with E-state index in [-0.39, 0.29) is 0 Å². The van der Waals surface area contributed by atoms with Gasteiger partial charge < -0.3 is 4.98 Å². The summed E-state index contributed by atoms with van der Waals surface area (Å²) in [6.07, 6.45) is 3.56. The number of rotatable bonds is 0. The van der Waals surface area contributed by atoms with Gasteiger partial charge in [-0.05, 0) is 48.9 Å². The zero-order valence-electron chi connectivity index (χ0n) is 9.38. The maximum absolute atomic E-state index is 8.93. The number of benzene rings is 1. The zero-order valence-corrected chi connectivity index (χ0v) is 9.38. The van der Waals surface area contributed by atoms with Gasteiger partial charge in [0.15, 0.2) is 0 Å². The number of hydrogen-bond donors (Lipinski definition) is 1. The minimum Gasteiger partial charge on any atom is -0.358 e. The molecule has 0 unspecified atom stereocenters. The van der Waals surface area contributed by atoms with E-state index >= 15 is 0 Å². The number of H-pyrrole nitrogens is 1. The Bertz CT molecular complexity index is 587. The minimum atomic E-state index is 0.757. The molecule has 1 heterocycles. The minimum absolute atomic E-state index is 0.757. The van der Waals surface area contributed by atoms with Crippen molar-refractivity contribution in [1.82, 2.24) is 4.98 Å². The number of fused-ring (bicyclic) bond motifs is 3. The van der Waals surface area contributed by atoms with Crippen molar-refractivity contribution in [3.05, 3.63) is 35.0 Å². The Hall–Kier alpha value is -1.75. The van der Waals surface area contributed by atoms with Crippen LogP contribution in [0.15, 0.2) is 18.2 Å². The topological polar surface area (TPSA) is 39.6 Å². The summed E-state index contributed by atoms with van der Waals surface area (Å²) >= 11 is 0. The normalized spacial score (nSPS) is 19.4. The number of nitrogens with zero attached hydrogens (tertiary/aromatic N) is 1. The van der Waals surface area contributed by atoms with E-state index in [2.05, 4.69) is 18.0 Å². The van der Waals surface area contributed by atoms with Gasteiger partial charge in [-0.15, -0.1) is 0 Å². The second-order valence-electron chi connectivity index (χ2n) is 4.80. The molecule has 0 saturated heterocycles. The molecule has 80 valence electrons. The molecule has 16 heavy (non-hydrogen) atoms. The standard InChI is InChI=1S/C14H14N2/c1-9-2-4-13-11(6-9)12-7-10(8-15)3-5-14(12)16-13/h3,5,7,9,16H,2,4,6H2,1H3/t9-/m1/s1. The highest BCUT2D eigenvalue weighted by molar-refractivity contribution is 5.86. The van der Waals surface area contributed by atoms with Crippen LogP contribution in [0.2, 0.25) is 0 Å². The molecule has 0 fully saturated rings. The molecule has 1 aliphatic carbocycles. The molecular weight excluding hydrogens is 196 g/mol. The third kappa shape index (κ3) is 1.32. The van der Waals surface area contributed by atoms with Crippen LogP contribution in [0.4, 0.5) is 0 Å². The second kappa shape index (κ2) is 3.38. The van der Waals surface area contributed by atoms with Crippen molar-refractivity contribution in [2.45, 2.75) is 26.2 Å². The predicted octanol–water partition coefficient (Wildman–Crippen LogP) is 3.16. The van der Waals surface area contributed by atoms with E-state index in [0.29, 0.717) is 0 Å². The fourth-order valence-corrected chi connectivity index (χ4v) is 2.66. The lowest BCUT2D eigenvalue weighted by atomic mass is 9.87. The molecule has 3 rings (SSSR count). The molecule has 0 saturated carbocycles. The Morgan fingerprint density at radius 2 is 2.31 bits per heavy atom. The molecule has 1 aromatic carbocycles. The van der Waals surface area contributed by atoms with Crippen LogP contribution < -0.4 is 0 Å². The quantitative estimate of drug-likeness (QED) is 0.712. The second-order valence-corrected chi connectivity index (χ2v) is 4.80. The lowest BCUT2D eigenvalue weighted by molar-refractivity contribution is 0.499. The summed E-state index contributed by atoms with van der Waals surface area (Å²) in [5.74, 6) is 0.761. The molecule has 0 amide bonds. The first-order chi connectivity index (χ1) is 7.78. The Morgan fingerprint density at radius 1 is 1.44 bits per heavy atom. The van der Waals surface area contributed by atoms with Gasteiger partial charge >= 0.3 is 0 Å². The van der Waals surface area contributed by atoms with Crippen LogP contribution in [0.3, 0.4) is 0 Å². The van der Waals surface area contributed by atoms with E-state index in [1.165, 1.54) is 28.6 Å². The largest absolute Gasteiger partial charge is 0.358 e. The zero-order chi connectivity index (χ0) is 11.1. The maximum Gasteiger partial charge on any atom is 0.0991 e. The smallest absolute Gasteiger partial charge is 0.0991 e. The third-order valence-corrected chi connectivity index (χ3v) is 3.56. The van der Waals surface area contributed by atoms with Gasteiger partial charge in [-0.3, -0.25) is 0 Å². The van der Waals surface area contributed by atoms with Gasteiger partial charge in [0.05, 0.1) is 11.6 Å². The van der Waals surface area contributed by atoms with Crippen LogP contribution in [0, 0.1) is 17.2 Å². The average Bonchev–Trinajstić information content (AvgIpc) is 2.66. The summed E-state index contributed by atoms with van der Waals surface area (Å²) in [5, 5.41) is 10.2.